The summed E-state index contributed by atoms with van der Waals surface area (Å²) in [4.78, 5) is 14.3. The fraction of sp³-hybridized carbons (Fsp3) is 0.611. The number of aliphatic hydroxyl groups is 1. The van der Waals surface area contributed by atoms with Crippen LogP contribution in [0.4, 0.5) is 0 Å². The molecule has 1 heterocycles. The number of rotatable bonds is 3. The molecule has 1 aliphatic heterocycles. The van der Waals surface area contributed by atoms with Gasteiger partial charge in [-0.3, -0.25) is 4.79 Å². The Balaban J connectivity index is 2.00. The number of nitrogens with zero attached hydrogens (tertiary/aromatic N) is 1. The molecule has 0 bridgehead atoms. The van der Waals surface area contributed by atoms with Crippen molar-refractivity contribution in [2.24, 2.45) is 11.3 Å². The van der Waals surface area contributed by atoms with E-state index in [1.807, 2.05) is 29.2 Å². The molecule has 1 unspecified atom stereocenters. The average Bonchev–Trinajstić information content (AvgIpc) is 2.62. The molecule has 2 rings (SSSR count). The van der Waals surface area contributed by atoms with Crippen molar-refractivity contribution in [3.8, 4) is 0 Å². The molecule has 0 aromatic heterocycles. The predicted octanol–water partition coefficient (Wildman–Crippen LogP) is 3.35. The highest BCUT2D eigenvalue weighted by atomic mass is 16.3. The lowest BCUT2D eigenvalue weighted by molar-refractivity contribution is -0.131. The first-order chi connectivity index (χ1) is 9.90. The van der Waals surface area contributed by atoms with Crippen LogP contribution in [0.1, 0.15) is 51.2 Å². The number of carbonyl (C=O) groups excluding carboxylic acids is 1. The van der Waals surface area contributed by atoms with E-state index in [1.165, 1.54) is 0 Å². The molecule has 21 heavy (non-hydrogen) atoms. The van der Waals surface area contributed by atoms with E-state index in [4.69, 9.17) is 5.11 Å². The van der Waals surface area contributed by atoms with Crippen LogP contribution in [0.2, 0.25) is 0 Å². The van der Waals surface area contributed by atoms with E-state index in [9.17, 15) is 4.79 Å². The van der Waals surface area contributed by atoms with E-state index in [0.717, 1.165) is 30.5 Å². The largest absolute Gasteiger partial charge is 0.392 e. The maximum atomic E-state index is 12.3. The first kappa shape index (κ1) is 16.0. The van der Waals surface area contributed by atoms with Crippen molar-refractivity contribution in [2.75, 3.05) is 6.54 Å². The molecule has 1 saturated heterocycles. The summed E-state index contributed by atoms with van der Waals surface area (Å²) < 4.78 is 0. The monoisotopic (exact) mass is 289 g/mol. The molecule has 1 aromatic carbocycles. The first-order valence-electron chi connectivity index (χ1n) is 7.86. The normalized spacial score (nSPS) is 20.5. The van der Waals surface area contributed by atoms with Gasteiger partial charge in [-0.15, -0.1) is 0 Å². The summed E-state index contributed by atoms with van der Waals surface area (Å²) in [6, 6.07) is 7.86. The number of aliphatic hydroxyl groups excluding tert-OH is 1. The summed E-state index contributed by atoms with van der Waals surface area (Å²) in [5, 5.41) is 9.07. The summed E-state index contributed by atoms with van der Waals surface area (Å²) in [6.45, 7) is 8.41. The molecule has 1 aromatic rings. The van der Waals surface area contributed by atoms with Gasteiger partial charge in [0.2, 0.25) is 5.91 Å². The van der Waals surface area contributed by atoms with Gasteiger partial charge in [0.1, 0.15) is 0 Å². The third-order valence-electron chi connectivity index (χ3n) is 4.61. The molecule has 1 fully saturated rings. The molecule has 3 nitrogen and oxygen atoms in total. The van der Waals surface area contributed by atoms with Gasteiger partial charge in [-0.25, -0.2) is 0 Å². The van der Waals surface area contributed by atoms with Gasteiger partial charge in [0, 0.05) is 19.5 Å². The zero-order chi connectivity index (χ0) is 15.5. The summed E-state index contributed by atoms with van der Waals surface area (Å²) in [7, 11) is 0. The SMILES string of the molecule is CC(C)(C)C1CCC(=O)N(Cc2ccc(CO)cc2)CC1. The van der Waals surface area contributed by atoms with Crippen molar-refractivity contribution < 1.29 is 9.90 Å². The Labute approximate surface area is 128 Å². The van der Waals surface area contributed by atoms with Gasteiger partial charge >= 0.3 is 0 Å². The Morgan fingerprint density at radius 1 is 1.14 bits per heavy atom. The van der Waals surface area contributed by atoms with Gasteiger partial charge in [-0.2, -0.15) is 0 Å². The Hall–Kier alpha value is -1.35. The van der Waals surface area contributed by atoms with Gasteiger partial charge in [0.05, 0.1) is 6.61 Å². The molecule has 1 N–H and O–H groups in total. The van der Waals surface area contributed by atoms with Crippen LogP contribution in [0.3, 0.4) is 0 Å². The molecule has 0 radical (unpaired) electrons. The molecule has 0 saturated carbocycles. The number of benzene rings is 1. The minimum atomic E-state index is 0.0657. The lowest BCUT2D eigenvalue weighted by atomic mass is 9.77. The van der Waals surface area contributed by atoms with Crippen LogP contribution >= 0.6 is 0 Å². The Kier molecular flexibility index (Phi) is 5.04. The number of hydrogen-bond acceptors (Lipinski definition) is 2. The van der Waals surface area contributed by atoms with Gasteiger partial charge in [0.25, 0.3) is 0 Å². The van der Waals surface area contributed by atoms with Crippen molar-refractivity contribution in [1.82, 2.24) is 4.90 Å². The van der Waals surface area contributed by atoms with E-state index in [1.54, 1.807) is 0 Å². The smallest absolute Gasteiger partial charge is 0.222 e. The summed E-state index contributed by atoms with van der Waals surface area (Å²) in [5.74, 6) is 0.885. The summed E-state index contributed by atoms with van der Waals surface area (Å²) >= 11 is 0. The molecule has 1 atom stereocenters. The van der Waals surface area contributed by atoms with Crippen LogP contribution in [0.5, 0.6) is 0 Å². The molecule has 1 aliphatic rings. The molecule has 3 heteroatoms. The van der Waals surface area contributed by atoms with Crippen LogP contribution in [0.25, 0.3) is 0 Å². The Morgan fingerprint density at radius 2 is 1.76 bits per heavy atom. The minimum Gasteiger partial charge on any atom is -0.392 e. The lowest BCUT2D eigenvalue weighted by Gasteiger charge is -2.29. The van der Waals surface area contributed by atoms with Crippen molar-refractivity contribution in [2.45, 2.75) is 53.2 Å². The van der Waals surface area contributed by atoms with Crippen molar-refractivity contribution in [3.63, 3.8) is 0 Å². The zero-order valence-corrected chi connectivity index (χ0v) is 13.4. The Morgan fingerprint density at radius 3 is 2.33 bits per heavy atom. The highest BCUT2D eigenvalue weighted by Gasteiger charge is 2.29. The van der Waals surface area contributed by atoms with Gasteiger partial charge < -0.3 is 10.0 Å². The number of amides is 1. The molecule has 116 valence electrons. The predicted molar refractivity (Wildman–Crippen MR) is 84.6 cm³/mol. The second-order valence-corrected chi connectivity index (χ2v) is 7.18. The highest BCUT2D eigenvalue weighted by Crippen LogP contribution is 2.34. The van der Waals surface area contributed by atoms with Crippen molar-refractivity contribution in [1.29, 1.82) is 0 Å². The van der Waals surface area contributed by atoms with Crippen LogP contribution in [0.15, 0.2) is 24.3 Å². The van der Waals surface area contributed by atoms with Crippen LogP contribution in [-0.4, -0.2) is 22.5 Å². The molecular weight excluding hydrogens is 262 g/mol. The molecule has 1 amide bonds. The fourth-order valence-corrected chi connectivity index (χ4v) is 3.04. The van der Waals surface area contributed by atoms with Gasteiger partial charge in [0.15, 0.2) is 0 Å². The van der Waals surface area contributed by atoms with E-state index >= 15 is 0 Å². The van der Waals surface area contributed by atoms with Crippen molar-refractivity contribution >= 4 is 5.91 Å². The summed E-state index contributed by atoms with van der Waals surface area (Å²) in [5.41, 5.74) is 2.32. The molecule has 0 spiro atoms. The van der Waals surface area contributed by atoms with Crippen LogP contribution < -0.4 is 0 Å². The molecular formula is C18H27NO2. The van der Waals surface area contributed by atoms with E-state index in [2.05, 4.69) is 20.8 Å². The highest BCUT2D eigenvalue weighted by molar-refractivity contribution is 5.76. The van der Waals surface area contributed by atoms with Crippen molar-refractivity contribution in [3.05, 3.63) is 35.4 Å². The number of hydrogen-bond donors (Lipinski definition) is 1. The maximum absolute atomic E-state index is 12.3. The second kappa shape index (κ2) is 6.61. The zero-order valence-electron chi connectivity index (χ0n) is 13.4. The third kappa shape index (κ3) is 4.31. The topological polar surface area (TPSA) is 40.5 Å². The second-order valence-electron chi connectivity index (χ2n) is 7.18. The standard InChI is InChI=1S/C18H27NO2/c1-18(2,3)16-8-9-17(21)19(11-10-16)12-14-4-6-15(13-20)7-5-14/h4-7,16,20H,8-13H2,1-3H3. The minimum absolute atomic E-state index is 0.0657. The quantitative estimate of drug-likeness (QED) is 0.927. The number of carbonyl (C=O) groups is 1. The van der Waals surface area contributed by atoms with Crippen LogP contribution in [-0.2, 0) is 17.9 Å². The van der Waals surface area contributed by atoms with Gasteiger partial charge in [-0.1, -0.05) is 45.0 Å². The number of likely N-dealkylation sites (tertiary alicyclic amines) is 1. The van der Waals surface area contributed by atoms with Crippen LogP contribution in [0, 0.1) is 11.3 Å². The average molecular weight is 289 g/mol. The Bertz CT molecular complexity index is 473. The van der Waals surface area contributed by atoms with E-state index in [0.29, 0.717) is 18.9 Å². The fourth-order valence-electron chi connectivity index (χ4n) is 3.04. The summed E-state index contributed by atoms with van der Waals surface area (Å²) in [6.07, 6.45) is 2.75. The lowest BCUT2D eigenvalue weighted by Crippen LogP contribution is -2.30. The third-order valence-corrected chi connectivity index (χ3v) is 4.61. The van der Waals surface area contributed by atoms with Gasteiger partial charge in [-0.05, 0) is 35.3 Å². The van der Waals surface area contributed by atoms with E-state index in [-0.39, 0.29) is 17.9 Å². The maximum Gasteiger partial charge on any atom is 0.222 e. The van der Waals surface area contributed by atoms with E-state index < -0.39 is 0 Å². The molecule has 0 aliphatic carbocycles. The first-order valence-corrected chi connectivity index (χ1v) is 7.86.